The van der Waals surface area contributed by atoms with Crippen LogP contribution in [0.3, 0.4) is 0 Å². The molecule has 86 valence electrons. The van der Waals surface area contributed by atoms with Crippen LogP contribution in [-0.2, 0) is 6.42 Å². The van der Waals surface area contributed by atoms with E-state index in [1.54, 1.807) is 36.8 Å². The van der Waals surface area contributed by atoms with E-state index in [1.807, 2.05) is 0 Å². The standard InChI is InChI=1S/C13H12N2O2/c16-10-2-4-12-9(7-10)1-3-13(17-12)11-8-14-5-6-15-11/h2,4-8,13,16H,1,3H2/t13-/m1/s1. The molecule has 4 nitrogen and oxygen atoms in total. The van der Waals surface area contributed by atoms with Gasteiger partial charge in [-0.3, -0.25) is 9.97 Å². The van der Waals surface area contributed by atoms with Crippen molar-refractivity contribution in [1.82, 2.24) is 9.97 Å². The van der Waals surface area contributed by atoms with Crippen LogP contribution in [0.2, 0.25) is 0 Å². The van der Waals surface area contributed by atoms with Gasteiger partial charge in [0.25, 0.3) is 0 Å². The normalized spacial score (nSPS) is 18.2. The van der Waals surface area contributed by atoms with Crippen LogP contribution in [0.5, 0.6) is 11.5 Å². The summed E-state index contributed by atoms with van der Waals surface area (Å²) in [7, 11) is 0. The van der Waals surface area contributed by atoms with E-state index in [-0.39, 0.29) is 11.9 Å². The van der Waals surface area contributed by atoms with Gasteiger partial charge < -0.3 is 9.84 Å². The van der Waals surface area contributed by atoms with Gasteiger partial charge in [0.2, 0.25) is 0 Å². The zero-order chi connectivity index (χ0) is 11.7. The van der Waals surface area contributed by atoms with Crippen molar-refractivity contribution in [2.75, 3.05) is 0 Å². The van der Waals surface area contributed by atoms with Gasteiger partial charge in [-0.1, -0.05) is 0 Å². The molecule has 1 aromatic heterocycles. The fourth-order valence-corrected chi connectivity index (χ4v) is 2.06. The van der Waals surface area contributed by atoms with E-state index in [2.05, 4.69) is 9.97 Å². The maximum Gasteiger partial charge on any atom is 0.142 e. The molecule has 4 heteroatoms. The number of benzene rings is 1. The highest BCUT2D eigenvalue weighted by Gasteiger charge is 2.22. The minimum atomic E-state index is -0.0410. The number of phenolic OH excluding ortho intramolecular Hbond substituents is 1. The Morgan fingerprint density at radius 2 is 2.24 bits per heavy atom. The number of aromatic nitrogens is 2. The number of hydrogen-bond donors (Lipinski definition) is 1. The predicted molar refractivity (Wildman–Crippen MR) is 61.8 cm³/mol. The van der Waals surface area contributed by atoms with E-state index in [0.29, 0.717) is 0 Å². The maximum absolute atomic E-state index is 9.39. The fraction of sp³-hybridized carbons (Fsp3) is 0.231. The van der Waals surface area contributed by atoms with Crippen LogP contribution in [0.15, 0.2) is 36.8 Å². The lowest BCUT2D eigenvalue weighted by Crippen LogP contribution is -2.16. The Hall–Kier alpha value is -2.10. The zero-order valence-corrected chi connectivity index (χ0v) is 9.21. The topological polar surface area (TPSA) is 55.2 Å². The van der Waals surface area contributed by atoms with Gasteiger partial charge in [0.15, 0.2) is 0 Å². The van der Waals surface area contributed by atoms with Gasteiger partial charge in [-0.15, -0.1) is 0 Å². The van der Waals surface area contributed by atoms with Crippen molar-refractivity contribution in [3.8, 4) is 11.5 Å². The summed E-state index contributed by atoms with van der Waals surface area (Å²) in [5.74, 6) is 1.11. The summed E-state index contributed by atoms with van der Waals surface area (Å²) in [6.45, 7) is 0. The van der Waals surface area contributed by atoms with Crippen molar-refractivity contribution in [2.24, 2.45) is 0 Å². The van der Waals surface area contributed by atoms with E-state index in [0.717, 1.165) is 29.8 Å². The summed E-state index contributed by atoms with van der Waals surface area (Å²) in [4.78, 5) is 8.30. The molecule has 2 aromatic rings. The average molecular weight is 228 g/mol. The van der Waals surface area contributed by atoms with Gasteiger partial charge in [0.1, 0.15) is 17.6 Å². The molecule has 1 atom stereocenters. The first kappa shape index (κ1) is 10.1. The Morgan fingerprint density at radius 3 is 3.06 bits per heavy atom. The van der Waals surface area contributed by atoms with Crippen LogP contribution in [0.4, 0.5) is 0 Å². The second kappa shape index (κ2) is 4.05. The maximum atomic E-state index is 9.39. The molecule has 0 unspecified atom stereocenters. The van der Waals surface area contributed by atoms with E-state index < -0.39 is 0 Å². The minimum absolute atomic E-state index is 0.0410. The van der Waals surface area contributed by atoms with E-state index in [1.165, 1.54) is 0 Å². The van der Waals surface area contributed by atoms with Crippen molar-refractivity contribution in [3.05, 3.63) is 48.0 Å². The number of hydrogen-bond acceptors (Lipinski definition) is 4. The van der Waals surface area contributed by atoms with E-state index >= 15 is 0 Å². The monoisotopic (exact) mass is 228 g/mol. The van der Waals surface area contributed by atoms with Gasteiger partial charge >= 0.3 is 0 Å². The summed E-state index contributed by atoms with van der Waals surface area (Å²) < 4.78 is 5.86. The number of nitrogens with zero attached hydrogens (tertiary/aromatic N) is 2. The summed E-state index contributed by atoms with van der Waals surface area (Å²) in [6, 6.07) is 5.19. The van der Waals surface area contributed by atoms with Crippen molar-refractivity contribution in [1.29, 1.82) is 0 Å². The lowest BCUT2D eigenvalue weighted by atomic mass is 10.0. The molecular formula is C13H12N2O2. The van der Waals surface area contributed by atoms with Crippen LogP contribution >= 0.6 is 0 Å². The largest absolute Gasteiger partial charge is 0.508 e. The van der Waals surface area contributed by atoms with Gasteiger partial charge in [0.05, 0.1) is 11.9 Å². The fourth-order valence-electron chi connectivity index (χ4n) is 2.06. The van der Waals surface area contributed by atoms with Crippen molar-refractivity contribution in [3.63, 3.8) is 0 Å². The van der Waals surface area contributed by atoms with Crippen LogP contribution in [-0.4, -0.2) is 15.1 Å². The molecule has 1 aliphatic rings. The molecule has 2 heterocycles. The lowest BCUT2D eigenvalue weighted by molar-refractivity contribution is 0.171. The number of ether oxygens (including phenoxy) is 1. The molecule has 1 aromatic carbocycles. The third kappa shape index (κ3) is 1.93. The molecule has 0 saturated carbocycles. The molecular weight excluding hydrogens is 216 g/mol. The number of fused-ring (bicyclic) bond motifs is 1. The molecule has 0 bridgehead atoms. The van der Waals surface area contributed by atoms with Crippen LogP contribution in [0.1, 0.15) is 23.8 Å². The molecule has 17 heavy (non-hydrogen) atoms. The highest BCUT2D eigenvalue weighted by Crippen LogP contribution is 2.35. The van der Waals surface area contributed by atoms with Crippen molar-refractivity contribution in [2.45, 2.75) is 18.9 Å². The lowest BCUT2D eigenvalue weighted by Gasteiger charge is -2.25. The average Bonchev–Trinajstić information content (AvgIpc) is 2.39. The second-order valence-corrected chi connectivity index (χ2v) is 4.07. The van der Waals surface area contributed by atoms with E-state index in [4.69, 9.17) is 4.74 Å². The minimum Gasteiger partial charge on any atom is -0.508 e. The molecule has 0 spiro atoms. The molecule has 0 radical (unpaired) electrons. The Kier molecular flexibility index (Phi) is 2.40. The Balaban J connectivity index is 1.88. The molecule has 0 fully saturated rings. The summed E-state index contributed by atoms with van der Waals surface area (Å²) in [5, 5.41) is 9.39. The molecule has 3 rings (SSSR count). The first-order valence-corrected chi connectivity index (χ1v) is 5.57. The van der Waals surface area contributed by atoms with Gasteiger partial charge in [0, 0.05) is 12.4 Å². The van der Waals surface area contributed by atoms with Gasteiger partial charge in [-0.25, -0.2) is 0 Å². The van der Waals surface area contributed by atoms with E-state index in [9.17, 15) is 5.11 Å². The molecule has 1 aliphatic heterocycles. The summed E-state index contributed by atoms with van der Waals surface area (Å²) >= 11 is 0. The van der Waals surface area contributed by atoms with Gasteiger partial charge in [-0.2, -0.15) is 0 Å². The molecule has 1 N–H and O–H groups in total. The number of phenols is 1. The molecule has 0 amide bonds. The molecule has 0 aliphatic carbocycles. The number of rotatable bonds is 1. The van der Waals surface area contributed by atoms with Crippen LogP contribution < -0.4 is 4.74 Å². The highest BCUT2D eigenvalue weighted by molar-refractivity contribution is 5.41. The summed E-state index contributed by atoms with van der Waals surface area (Å²) in [6.07, 6.45) is 6.75. The zero-order valence-electron chi connectivity index (χ0n) is 9.21. The number of aryl methyl sites for hydroxylation is 1. The molecule has 0 saturated heterocycles. The van der Waals surface area contributed by atoms with Gasteiger partial charge in [-0.05, 0) is 36.6 Å². The first-order chi connectivity index (χ1) is 8.33. The SMILES string of the molecule is Oc1ccc2c(c1)CC[C@H](c1cnccn1)O2. The van der Waals surface area contributed by atoms with Crippen LogP contribution in [0.25, 0.3) is 0 Å². The quantitative estimate of drug-likeness (QED) is 0.813. The Labute approximate surface area is 98.9 Å². The predicted octanol–water partition coefficient (Wildman–Crippen LogP) is 2.25. The third-order valence-electron chi connectivity index (χ3n) is 2.90. The van der Waals surface area contributed by atoms with Crippen LogP contribution in [0, 0.1) is 0 Å². The Morgan fingerprint density at radius 1 is 1.29 bits per heavy atom. The first-order valence-electron chi connectivity index (χ1n) is 5.57. The third-order valence-corrected chi connectivity index (χ3v) is 2.90. The Bertz CT molecular complexity index is 528. The second-order valence-electron chi connectivity index (χ2n) is 4.07. The van der Waals surface area contributed by atoms with Crippen molar-refractivity contribution < 1.29 is 9.84 Å². The highest BCUT2D eigenvalue weighted by atomic mass is 16.5. The number of aromatic hydroxyl groups is 1. The van der Waals surface area contributed by atoms with Crippen molar-refractivity contribution >= 4 is 0 Å². The smallest absolute Gasteiger partial charge is 0.142 e. The summed E-state index contributed by atoms with van der Waals surface area (Å²) in [5.41, 5.74) is 1.90.